The summed E-state index contributed by atoms with van der Waals surface area (Å²) in [4.78, 5) is 62.9. The van der Waals surface area contributed by atoms with Crippen molar-refractivity contribution in [2.24, 2.45) is 0 Å². The minimum absolute atomic E-state index is 0.0464. The van der Waals surface area contributed by atoms with E-state index in [0.29, 0.717) is 10.9 Å². The second-order valence-corrected chi connectivity index (χ2v) is 8.45. The molecule has 0 saturated carbocycles. The molecule has 0 fully saturated rings. The van der Waals surface area contributed by atoms with Gasteiger partial charge in [0.1, 0.15) is 17.1 Å². The van der Waals surface area contributed by atoms with Gasteiger partial charge in [0.2, 0.25) is 5.78 Å². The summed E-state index contributed by atoms with van der Waals surface area (Å²) in [6.07, 6.45) is -1.10. The summed E-state index contributed by atoms with van der Waals surface area (Å²) in [7, 11) is 1.18. The number of para-hydroxylation sites is 2. The Hall–Kier alpha value is -5.05. The molecule has 1 heterocycles. The van der Waals surface area contributed by atoms with Crippen LogP contribution in [-0.4, -0.2) is 35.7 Å². The van der Waals surface area contributed by atoms with Crippen LogP contribution < -0.4 is 10.9 Å². The molecule has 0 aliphatic heterocycles. The van der Waals surface area contributed by atoms with Crippen molar-refractivity contribution in [3.63, 3.8) is 0 Å². The third-order valence-electron chi connectivity index (χ3n) is 5.99. The standard InChI is InChI=1S/C29H23NO8/c1-37-28(35)19-11-5-7-13-22(19)30-27(34)23(32)16-18(31)15-21(17-9-3-2-4-10-17)25-26(33)20-12-6-8-14-24(20)38-29(25)36/h2-14,21,33H,15-16H2,1H3,(H,30,34)/t21-/m0/s1. The van der Waals surface area contributed by atoms with Gasteiger partial charge in [-0.1, -0.05) is 54.6 Å². The summed E-state index contributed by atoms with van der Waals surface area (Å²) in [5.74, 6) is -4.70. The molecule has 1 atom stereocenters. The average molecular weight is 514 g/mol. The van der Waals surface area contributed by atoms with Crippen LogP contribution in [0.2, 0.25) is 0 Å². The van der Waals surface area contributed by atoms with Gasteiger partial charge in [-0.25, -0.2) is 9.59 Å². The molecule has 1 amide bonds. The number of methoxy groups -OCH3 is 1. The number of carbonyl (C=O) groups is 4. The van der Waals surface area contributed by atoms with E-state index in [-0.39, 0.29) is 34.6 Å². The Labute approximate surface area is 216 Å². The second kappa shape index (κ2) is 11.3. The molecule has 3 aromatic carbocycles. The minimum atomic E-state index is -1.08. The fourth-order valence-corrected chi connectivity index (χ4v) is 4.16. The van der Waals surface area contributed by atoms with Gasteiger partial charge < -0.3 is 19.6 Å². The van der Waals surface area contributed by atoms with Crippen molar-refractivity contribution in [2.75, 3.05) is 12.4 Å². The molecule has 0 unspecified atom stereocenters. The SMILES string of the molecule is COC(=O)c1ccccc1NC(=O)C(=O)CC(=O)C[C@@H](c1ccccc1)c1c(O)c2ccccc2oc1=O. The summed E-state index contributed by atoms with van der Waals surface area (Å²) in [5, 5.41) is 13.6. The summed E-state index contributed by atoms with van der Waals surface area (Å²) in [6.45, 7) is 0. The van der Waals surface area contributed by atoms with Crippen molar-refractivity contribution >= 4 is 40.1 Å². The number of benzene rings is 3. The first-order valence-electron chi connectivity index (χ1n) is 11.6. The average Bonchev–Trinajstić information content (AvgIpc) is 2.92. The topological polar surface area (TPSA) is 140 Å². The molecule has 4 rings (SSSR count). The number of hydrogen-bond acceptors (Lipinski definition) is 8. The number of rotatable bonds is 9. The summed E-state index contributed by atoms with van der Waals surface area (Å²) in [5.41, 5.74) is -0.0896. The van der Waals surface area contributed by atoms with Crippen molar-refractivity contribution in [3.05, 3.63) is 106 Å². The molecular formula is C29H23NO8. The summed E-state index contributed by atoms with van der Waals surface area (Å²) >= 11 is 0. The van der Waals surface area contributed by atoms with E-state index < -0.39 is 41.4 Å². The molecule has 0 spiro atoms. The monoisotopic (exact) mass is 513 g/mol. The van der Waals surface area contributed by atoms with Gasteiger partial charge in [0.25, 0.3) is 5.91 Å². The molecule has 0 bridgehead atoms. The van der Waals surface area contributed by atoms with Gasteiger partial charge in [-0.15, -0.1) is 0 Å². The number of nitrogens with one attached hydrogen (secondary N) is 1. The smallest absolute Gasteiger partial charge is 0.343 e. The molecule has 9 heteroatoms. The van der Waals surface area contributed by atoms with Crippen LogP contribution in [0.25, 0.3) is 11.0 Å². The van der Waals surface area contributed by atoms with Gasteiger partial charge in [-0.3, -0.25) is 14.4 Å². The fourth-order valence-electron chi connectivity index (χ4n) is 4.16. The summed E-state index contributed by atoms with van der Waals surface area (Å²) < 4.78 is 10.1. The third-order valence-corrected chi connectivity index (χ3v) is 5.99. The van der Waals surface area contributed by atoms with Gasteiger partial charge in [0.05, 0.1) is 35.7 Å². The lowest BCUT2D eigenvalue weighted by Crippen LogP contribution is -2.27. The quantitative estimate of drug-likeness (QED) is 0.148. The highest BCUT2D eigenvalue weighted by Gasteiger charge is 2.29. The van der Waals surface area contributed by atoms with E-state index in [0.717, 1.165) is 0 Å². The third kappa shape index (κ3) is 5.52. The number of amides is 1. The van der Waals surface area contributed by atoms with Crippen LogP contribution in [0.5, 0.6) is 5.75 Å². The maximum Gasteiger partial charge on any atom is 0.343 e. The van der Waals surface area contributed by atoms with Crippen molar-refractivity contribution in [1.82, 2.24) is 0 Å². The molecule has 0 radical (unpaired) electrons. The lowest BCUT2D eigenvalue weighted by Gasteiger charge is -2.18. The Morgan fingerprint density at radius 3 is 2.32 bits per heavy atom. The molecule has 1 aromatic heterocycles. The van der Waals surface area contributed by atoms with Crippen LogP contribution in [-0.2, 0) is 19.1 Å². The number of anilines is 1. The summed E-state index contributed by atoms with van der Waals surface area (Å²) in [6, 6.07) is 21.0. The minimum Gasteiger partial charge on any atom is -0.507 e. The van der Waals surface area contributed by atoms with Crippen molar-refractivity contribution in [1.29, 1.82) is 0 Å². The van der Waals surface area contributed by atoms with Crippen LogP contribution in [0.1, 0.15) is 40.2 Å². The number of esters is 1. The van der Waals surface area contributed by atoms with Crippen LogP contribution in [0, 0.1) is 0 Å². The Bertz CT molecular complexity index is 1590. The molecule has 4 aromatic rings. The lowest BCUT2D eigenvalue weighted by molar-refractivity contribution is -0.137. The van der Waals surface area contributed by atoms with Crippen molar-refractivity contribution < 1.29 is 33.4 Å². The Morgan fingerprint density at radius 2 is 1.58 bits per heavy atom. The zero-order valence-electron chi connectivity index (χ0n) is 20.3. The van der Waals surface area contributed by atoms with E-state index in [9.17, 15) is 29.1 Å². The lowest BCUT2D eigenvalue weighted by atomic mass is 9.86. The number of fused-ring (bicyclic) bond motifs is 1. The number of Topliss-reactive ketones (excluding diaryl/α,β-unsaturated/α-hetero) is 2. The molecule has 38 heavy (non-hydrogen) atoms. The Balaban J connectivity index is 1.58. The van der Waals surface area contributed by atoms with Crippen LogP contribution in [0.3, 0.4) is 0 Å². The first kappa shape index (κ1) is 26.0. The van der Waals surface area contributed by atoms with Crippen molar-refractivity contribution in [3.8, 4) is 5.75 Å². The largest absolute Gasteiger partial charge is 0.507 e. The highest BCUT2D eigenvalue weighted by molar-refractivity contribution is 6.43. The molecule has 192 valence electrons. The normalized spacial score (nSPS) is 11.5. The van der Waals surface area contributed by atoms with Gasteiger partial charge in [-0.05, 0) is 29.8 Å². The maximum atomic E-state index is 13.0. The zero-order chi connectivity index (χ0) is 27.2. The molecule has 2 N–H and O–H groups in total. The highest BCUT2D eigenvalue weighted by atomic mass is 16.5. The van der Waals surface area contributed by atoms with Crippen LogP contribution in [0.15, 0.2) is 88.1 Å². The number of hydrogen-bond donors (Lipinski definition) is 2. The number of ether oxygens (including phenoxy) is 1. The van der Waals surface area contributed by atoms with Gasteiger partial charge >= 0.3 is 11.6 Å². The molecule has 9 nitrogen and oxygen atoms in total. The van der Waals surface area contributed by atoms with Crippen molar-refractivity contribution in [2.45, 2.75) is 18.8 Å². The first-order chi connectivity index (χ1) is 18.3. The number of aromatic hydroxyl groups is 1. The predicted molar refractivity (Wildman–Crippen MR) is 138 cm³/mol. The number of ketones is 2. The van der Waals surface area contributed by atoms with Gasteiger partial charge in [0, 0.05) is 12.3 Å². The molecular weight excluding hydrogens is 490 g/mol. The van der Waals surface area contributed by atoms with E-state index in [4.69, 9.17) is 4.42 Å². The molecule has 0 aliphatic carbocycles. The number of carbonyl (C=O) groups excluding carboxylic acids is 4. The first-order valence-corrected chi connectivity index (χ1v) is 11.6. The molecule has 0 saturated heterocycles. The van der Waals surface area contributed by atoms with E-state index in [1.54, 1.807) is 66.7 Å². The fraction of sp³-hybridized carbons (Fsp3) is 0.138. The predicted octanol–water partition coefficient (Wildman–Crippen LogP) is 3.97. The van der Waals surface area contributed by atoms with Crippen LogP contribution >= 0.6 is 0 Å². The highest BCUT2D eigenvalue weighted by Crippen LogP contribution is 2.36. The van der Waals surface area contributed by atoms with E-state index in [1.165, 1.54) is 19.2 Å². The zero-order valence-corrected chi connectivity index (χ0v) is 20.3. The Kier molecular flexibility index (Phi) is 7.77. The van der Waals surface area contributed by atoms with Gasteiger partial charge in [0.15, 0.2) is 0 Å². The van der Waals surface area contributed by atoms with E-state index in [1.807, 2.05) is 0 Å². The van der Waals surface area contributed by atoms with E-state index >= 15 is 0 Å². The second-order valence-electron chi connectivity index (χ2n) is 8.45. The van der Waals surface area contributed by atoms with E-state index in [2.05, 4.69) is 10.1 Å². The molecule has 0 aliphatic rings. The van der Waals surface area contributed by atoms with Crippen LogP contribution in [0.4, 0.5) is 5.69 Å². The van der Waals surface area contributed by atoms with Gasteiger partial charge in [-0.2, -0.15) is 0 Å². The Morgan fingerprint density at radius 1 is 0.921 bits per heavy atom. The maximum absolute atomic E-state index is 13.0.